The van der Waals surface area contributed by atoms with Gasteiger partial charge in [-0.15, -0.1) is 0 Å². The Bertz CT molecular complexity index is 573. The van der Waals surface area contributed by atoms with E-state index in [9.17, 15) is 8.78 Å². The second-order valence-electron chi connectivity index (χ2n) is 6.19. The Hall–Kier alpha value is -1.67. The highest BCUT2D eigenvalue weighted by molar-refractivity contribution is 5.52. The predicted molar refractivity (Wildman–Crippen MR) is 77.1 cm³/mol. The molecule has 5 heteroatoms. The smallest absolute Gasteiger partial charge is 0.146 e. The van der Waals surface area contributed by atoms with E-state index in [-0.39, 0.29) is 5.41 Å². The molecule has 0 aromatic heterocycles. The third kappa shape index (κ3) is 2.49. The van der Waals surface area contributed by atoms with Gasteiger partial charge in [-0.1, -0.05) is 6.92 Å². The van der Waals surface area contributed by atoms with Crippen LogP contribution < -0.4 is 4.90 Å². The second kappa shape index (κ2) is 5.27. The van der Waals surface area contributed by atoms with Gasteiger partial charge in [0, 0.05) is 30.7 Å². The molecule has 3 rings (SSSR count). The Labute approximate surface area is 123 Å². The zero-order chi connectivity index (χ0) is 15.0. The van der Waals surface area contributed by atoms with Crippen molar-refractivity contribution < 1.29 is 8.78 Å². The number of benzene rings is 1. The maximum absolute atomic E-state index is 13.8. The number of hydrogen-bond acceptors (Lipinski definition) is 3. The van der Waals surface area contributed by atoms with E-state index in [4.69, 9.17) is 5.26 Å². The van der Waals surface area contributed by atoms with Crippen molar-refractivity contribution in [2.45, 2.75) is 19.8 Å². The van der Waals surface area contributed by atoms with Crippen LogP contribution in [0.1, 0.15) is 25.3 Å². The maximum atomic E-state index is 13.8. The molecule has 1 spiro atoms. The van der Waals surface area contributed by atoms with Crippen LogP contribution in [0.2, 0.25) is 0 Å². The fourth-order valence-electron chi connectivity index (χ4n) is 3.64. The summed E-state index contributed by atoms with van der Waals surface area (Å²) in [6.45, 7) is 7.07. The highest BCUT2D eigenvalue weighted by atomic mass is 19.1. The summed E-state index contributed by atoms with van der Waals surface area (Å²) in [6.07, 6.45) is 2.21. The van der Waals surface area contributed by atoms with Crippen LogP contribution in [0.25, 0.3) is 0 Å². The summed E-state index contributed by atoms with van der Waals surface area (Å²) in [5.74, 6) is -1.54. The van der Waals surface area contributed by atoms with E-state index in [0.717, 1.165) is 45.6 Å². The molecular weight excluding hydrogens is 272 g/mol. The van der Waals surface area contributed by atoms with Gasteiger partial charge in [0.05, 0.1) is 0 Å². The first-order chi connectivity index (χ1) is 10.1. The minimum Gasteiger partial charge on any atom is -0.371 e. The summed E-state index contributed by atoms with van der Waals surface area (Å²) in [7, 11) is 0. The number of nitrogens with zero attached hydrogens (tertiary/aromatic N) is 3. The summed E-state index contributed by atoms with van der Waals surface area (Å²) >= 11 is 0. The first-order valence-corrected chi connectivity index (χ1v) is 7.43. The molecule has 0 amide bonds. The van der Waals surface area contributed by atoms with Crippen molar-refractivity contribution in [3.05, 3.63) is 29.3 Å². The third-order valence-corrected chi connectivity index (χ3v) is 4.91. The van der Waals surface area contributed by atoms with Gasteiger partial charge >= 0.3 is 0 Å². The summed E-state index contributed by atoms with van der Waals surface area (Å²) < 4.78 is 27.5. The molecule has 1 atom stereocenters. The molecule has 1 aromatic carbocycles. The fourth-order valence-corrected chi connectivity index (χ4v) is 3.64. The zero-order valence-electron chi connectivity index (χ0n) is 12.2. The minimum absolute atomic E-state index is 0.261. The SMILES string of the molecule is CCN1CCC2(CCN(c3cc(F)c(C#N)c(F)c3)C2)C1. The molecule has 0 N–H and O–H groups in total. The summed E-state index contributed by atoms with van der Waals surface area (Å²) in [5.41, 5.74) is 0.318. The van der Waals surface area contributed by atoms with Crippen molar-refractivity contribution in [1.29, 1.82) is 5.26 Å². The Kier molecular flexibility index (Phi) is 3.58. The van der Waals surface area contributed by atoms with Crippen LogP contribution in [0.5, 0.6) is 0 Å². The van der Waals surface area contributed by atoms with E-state index in [1.807, 2.05) is 4.90 Å². The highest BCUT2D eigenvalue weighted by Gasteiger charge is 2.43. The van der Waals surface area contributed by atoms with E-state index < -0.39 is 17.2 Å². The third-order valence-electron chi connectivity index (χ3n) is 4.91. The topological polar surface area (TPSA) is 30.3 Å². The molecule has 112 valence electrons. The van der Waals surface area contributed by atoms with Crippen molar-refractivity contribution in [3.8, 4) is 6.07 Å². The predicted octanol–water partition coefficient (Wildman–Crippen LogP) is 2.76. The van der Waals surface area contributed by atoms with Crippen molar-refractivity contribution in [2.75, 3.05) is 37.6 Å². The number of halogens is 2. The van der Waals surface area contributed by atoms with E-state index in [0.29, 0.717) is 5.69 Å². The Morgan fingerprint density at radius 1 is 1.19 bits per heavy atom. The van der Waals surface area contributed by atoms with Gasteiger partial charge < -0.3 is 9.80 Å². The molecular formula is C16H19F2N3. The van der Waals surface area contributed by atoms with Crippen molar-refractivity contribution >= 4 is 5.69 Å². The van der Waals surface area contributed by atoms with Gasteiger partial charge in [0.15, 0.2) is 0 Å². The maximum Gasteiger partial charge on any atom is 0.146 e. The lowest BCUT2D eigenvalue weighted by Crippen LogP contribution is -2.30. The lowest BCUT2D eigenvalue weighted by Gasteiger charge is -2.25. The van der Waals surface area contributed by atoms with Crippen LogP contribution in [0.15, 0.2) is 12.1 Å². The molecule has 0 saturated carbocycles. The van der Waals surface area contributed by atoms with Crippen LogP contribution >= 0.6 is 0 Å². The van der Waals surface area contributed by atoms with E-state index in [1.54, 1.807) is 6.07 Å². The normalized spacial score (nSPS) is 25.7. The van der Waals surface area contributed by atoms with E-state index >= 15 is 0 Å². The van der Waals surface area contributed by atoms with Crippen LogP contribution in [-0.4, -0.2) is 37.6 Å². The summed E-state index contributed by atoms with van der Waals surface area (Å²) in [4.78, 5) is 4.48. The second-order valence-corrected chi connectivity index (χ2v) is 6.19. The largest absolute Gasteiger partial charge is 0.371 e. The van der Waals surface area contributed by atoms with Gasteiger partial charge in [0.2, 0.25) is 0 Å². The molecule has 1 aromatic rings. The van der Waals surface area contributed by atoms with Crippen LogP contribution in [0.4, 0.5) is 14.5 Å². The number of hydrogen-bond donors (Lipinski definition) is 0. The van der Waals surface area contributed by atoms with E-state index in [2.05, 4.69) is 11.8 Å². The van der Waals surface area contributed by atoms with Gasteiger partial charge in [0.1, 0.15) is 23.3 Å². The van der Waals surface area contributed by atoms with Crippen LogP contribution in [0, 0.1) is 28.4 Å². The lowest BCUT2D eigenvalue weighted by molar-refractivity contribution is 0.286. The Morgan fingerprint density at radius 2 is 1.86 bits per heavy atom. The molecule has 3 nitrogen and oxygen atoms in total. The van der Waals surface area contributed by atoms with Crippen molar-refractivity contribution in [3.63, 3.8) is 0 Å². The minimum atomic E-state index is -0.768. The van der Waals surface area contributed by atoms with E-state index in [1.165, 1.54) is 12.1 Å². The summed E-state index contributed by atoms with van der Waals surface area (Å²) in [5, 5.41) is 8.73. The highest BCUT2D eigenvalue weighted by Crippen LogP contribution is 2.41. The Balaban J connectivity index is 1.80. The van der Waals surface area contributed by atoms with Gasteiger partial charge in [-0.3, -0.25) is 0 Å². The van der Waals surface area contributed by atoms with Gasteiger partial charge in [-0.25, -0.2) is 8.78 Å². The molecule has 1 unspecified atom stereocenters. The fraction of sp³-hybridized carbons (Fsp3) is 0.562. The first-order valence-electron chi connectivity index (χ1n) is 7.43. The molecule has 2 fully saturated rings. The molecule has 2 saturated heterocycles. The number of rotatable bonds is 2. The quantitative estimate of drug-likeness (QED) is 0.839. The van der Waals surface area contributed by atoms with Crippen molar-refractivity contribution in [1.82, 2.24) is 4.90 Å². The zero-order valence-corrected chi connectivity index (χ0v) is 12.2. The van der Waals surface area contributed by atoms with Gasteiger partial charge in [-0.2, -0.15) is 5.26 Å². The average molecular weight is 291 g/mol. The van der Waals surface area contributed by atoms with Gasteiger partial charge in [-0.05, 0) is 38.1 Å². The number of nitriles is 1. The molecule has 0 radical (unpaired) electrons. The molecule has 21 heavy (non-hydrogen) atoms. The molecule has 0 bridgehead atoms. The first kappa shape index (κ1) is 14.3. The Morgan fingerprint density at radius 3 is 2.43 bits per heavy atom. The lowest BCUT2D eigenvalue weighted by atomic mass is 9.86. The molecule has 2 aliphatic heterocycles. The molecule has 0 aliphatic carbocycles. The van der Waals surface area contributed by atoms with Crippen LogP contribution in [-0.2, 0) is 0 Å². The standard InChI is InChI=1S/C16H19F2N3/c1-2-20-5-3-16(10-20)4-6-21(11-16)12-7-14(17)13(9-19)15(18)8-12/h7-8H,2-6,10-11H2,1H3. The van der Waals surface area contributed by atoms with Gasteiger partial charge in [0.25, 0.3) is 0 Å². The number of likely N-dealkylation sites (tertiary alicyclic amines) is 1. The van der Waals surface area contributed by atoms with Crippen LogP contribution in [0.3, 0.4) is 0 Å². The average Bonchev–Trinajstić information content (AvgIpc) is 3.06. The molecule has 2 heterocycles. The van der Waals surface area contributed by atoms with Crippen molar-refractivity contribution in [2.24, 2.45) is 5.41 Å². The molecule has 2 aliphatic rings. The number of anilines is 1. The monoisotopic (exact) mass is 291 g/mol. The summed E-state index contributed by atoms with van der Waals surface area (Å²) in [6, 6.07) is 4.14.